The van der Waals surface area contributed by atoms with Gasteiger partial charge in [0.1, 0.15) is 12.4 Å². The number of hydrogen-bond donors (Lipinski definition) is 1. The molecule has 29 heavy (non-hydrogen) atoms. The monoisotopic (exact) mass is 470 g/mol. The van der Waals surface area contributed by atoms with Gasteiger partial charge in [0.15, 0.2) is 11.0 Å². The molecule has 3 rings (SSSR count). The number of thioether (sulfide) groups is 1. The Morgan fingerprint density at radius 3 is 2.48 bits per heavy atom. The molecule has 1 aromatic heterocycles. The molecule has 0 aliphatic carbocycles. The third kappa shape index (κ3) is 5.79. The largest absolute Gasteiger partial charge is 0.484 e. The van der Waals surface area contributed by atoms with Crippen molar-refractivity contribution >= 4 is 58.2 Å². The normalized spacial score (nSPS) is 10.8. The Morgan fingerprint density at radius 2 is 1.76 bits per heavy atom. The number of benzene rings is 2. The second kappa shape index (κ2) is 10.2. The third-order valence-electron chi connectivity index (χ3n) is 3.91. The van der Waals surface area contributed by atoms with Crippen molar-refractivity contribution in [2.24, 2.45) is 7.05 Å². The molecule has 0 fully saturated rings. The predicted molar refractivity (Wildman–Crippen MR) is 117 cm³/mol. The van der Waals surface area contributed by atoms with Crippen molar-refractivity contribution in [2.45, 2.75) is 18.2 Å². The van der Waals surface area contributed by atoms with E-state index in [1.807, 2.05) is 23.7 Å². The van der Waals surface area contributed by atoms with Crippen LogP contribution in [0.15, 0.2) is 47.6 Å². The fourth-order valence-electron chi connectivity index (χ4n) is 2.35. The molecule has 0 radical (unpaired) electrons. The van der Waals surface area contributed by atoms with Gasteiger partial charge in [0, 0.05) is 19.2 Å². The van der Waals surface area contributed by atoms with Crippen LogP contribution in [0, 0.1) is 0 Å². The van der Waals surface area contributed by atoms with Gasteiger partial charge in [-0.1, -0.05) is 64.8 Å². The SMILES string of the molecule is Cn1c(COc2ccccc2Cl)nnc1SCCC(=O)Nc1c(Cl)cccc1Cl. The molecular weight excluding hydrogens is 455 g/mol. The molecule has 2 aromatic carbocycles. The van der Waals surface area contributed by atoms with Crippen molar-refractivity contribution in [3.05, 3.63) is 63.4 Å². The minimum absolute atomic E-state index is 0.183. The van der Waals surface area contributed by atoms with Crippen LogP contribution < -0.4 is 10.1 Å². The summed E-state index contributed by atoms with van der Waals surface area (Å²) in [5.74, 6) is 1.57. The summed E-state index contributed by atoms with van der Waals surface area (Å²) >= 11 is 19.6. The molecule has 0 bridgehead atoms. The van der Waals surface area contributed by atoms with Gasteiger partial charge in [-0.05, 0) is 24.3 Å². The minimum Gasteiger partial charge on any atom is -0.484 e. The molecule has 0 aliphatic rings. The molecule has 0 spiro atoms. The zero-order valence-corrected chi connectivity index (χ0v) is 18.4. The maximum absolute atomic E-state index is 12.2. The van der Waals surface area contributed by atoms with E-state index in [2.05, 4.69) is 15.5 Å². The number of aromatic nitrogens is 3. The lowest BCUT2D eigenvalue weighted by Crippen LogP contribution is -2.13. The summed E-state index contributed by atoms with van der Waals surface area (Å²) in [7, 11) is 1.84. The Kier molecular flexibility index (Phi) is 7.66. The van der Waals surface area contributed by atoms with Gasteiger partial charge < -0.3 is 14.6 Å². The lowest BCUT2D eigenvalue weighted by atomic mass is 10.3. The first-order valence-corrected chi connectivity index (χ1v) is 10.7. The van der Waals surface area contributed by atoms with Gasteiger partial charge in [0.05, 0.1) is 20.8 Å². The maximum atomic E-state index is 12.2. The highest BCUT2D eigenvalue weighted by Gasteiger charge is 2.13. The van der Waals surface area contributed by atoms with E-state index >= 15 is 0 Å². The van der Waals surface area contributed by atoms with Crippen LogP contribution in [0.1, 0.15) is 12.2 Å². The molecule has 0 atom stereocenters. The molecule has 3 aromatic rings. The van der Waals surface area contributed by atoms with E-state index in [-0.39, 0.29) is 18.9 Å². The molecule has 0 unspecified atom stereocenters. The highest BCUT2D eigenvalue weighted by atomic mass is 35.5. The summed E-state index contributed by atoms with van der Waals surface area (Å²) in [5.41, 5.74) is 0.420. The van der Waals surface area contributed by atoms with Gasteiger partial charge in [-0.3, -0.25) is 4.79 Å². The molecule has 1 heterocycles. The molecule has 10 heteroatoms. The number of carbonyl (C=O) groups is 1. The lowest BCUT2D eigenvalue weighted by Gasteiger charge is -2.09. The van der Waals surface area contributed by atoms with Crippen LogP contribution in [0.3, 0.4) is 0 Å². The van der Waals surface area contributed by atoms with E-state index < -0.39 is 0 Å². The number of amides is 1. The van der Waals surface area contributed by atoms with Crippen molar-refractivity contribution in [3.63, 3.8) is 0 Å². The van der Waals surface area contributed by atoms with Gasteiger partial charge in [0.2, 0.25) is 5.91 Å². The van der Waals surface area contributed by atoms with Crippen molar-refractivity contribution < 1.29 is 9.53 Å². The van der Waals surface area contributed by atoms with Crippen LogP contribution in [0.4, 0.5) is 5.69 Å². The number of nitrogens with one attached hydrogen (secondary N) is 1. The van der Waals surface area contributed by atoms with Gasteiger partial charge >= 0.3 is 0 Å². The highest BCUT2D eigenvalue weighted by molar-refractivity contribution is 7.99. The highest BCUT2D eigenvalue weighted by Crippen LogP contribution is 2.30. The van der Waals surface area contributed by atoms with Crippen LogP contribution in [0.2, 0.25) is 15.1 Å². The Bertz CT molecular complexity index is 993. The van der Waals surface area contributed by atoms with Crippen LogP contribution in [0.5, 0.6) is 5.75 Å². The Labute approximate surface area is 187 Å². The molecule has 6 nitrogen and oxygen atoms in total. The lowest BCUT2D eigenvalue weighted by molar-refractivity contribution is -0.115. The average molecular weight is 472 g/mol. The molecule has 0 aliphatic heterocycles. The Hall–Kier alpha value is -1.93. The number of hydrogen-bond acceptors (Lipinski definition) is 5. The molecule has 152 valence electrons. The van der Waals surface area contributed by atoms with Crippen LogP contribution in [-0.2, 0) is 18.4 Å². The van der Waals surface area contributed by atoms with Gasteiger partial charge in [-0.2, -0.15) is 0 Å². The summed E-state index contributed by atoms with van der Waals surface area (Å²) in [4.78, 5) is 12.2. The third-order valence-corrected chi connectivity index (χ3v) is 5.87. The van der Waals surface area contributed by atoms with Gasteiger partial charge in [0.25, 0.3) is 0 Å². The van der Waals surface area contributed by atoms with E-state index in [1.165, 1.54) is 11.8 Å². The van der Waals surface area contributed by atoms with Crippen molar-refractivity contribution in [1.82, 2.24) is 14.8 Å². The number of rotatable bonds is 8. The van der Waals surface area contributed by atoms with Crippen LogP contribution in [0.25, 0.3) is 0 Å². The Balaban J connectivity index is 1.50. The van der Waals surface area contributed by atoms with E-state index in [4.69, 9.17) is 39.5 Å². The van der Waals surface area contributed by atoms with Gasteiger partial charge in [-0.25, -0.2) is 0 Å². The Morgan fingerprint density at radius 1 is 1.07 bits per heavy atom. The van der Waals surface area contributed by atoms with Crippen molar-refractivity contribution in [3.8, 4) is 5.75 Å². The summed E-state index contributed by atoms with van der Waals surface area (Å²) in [6.45, 7) is 0.235. The molecular formula is C19H17Cl3N4O2S. The van der Waals surface area contributed by atoms with E-state index in [9.17, 15) is 4.79 Å². The minimum atomic E-state index is -0.183. The number of para-hydroxylation sites is 2. The van der Waals surface area contributed by atoms with Crippen molar-refractivity contribution in [2.75, 3.05) is 11.1 Å². The standard InChI is InChI=1S/C19H17Cl3N4O2S/c1-26-16(11-28-15-8-3-2-5-12(15)20)24-25-19(26)29-10-9-17(27)23-18-13(21)6-4-7-14(18)22/h2-8H,9-11H2,1H3,(H,23,27). The van der Waals surface area contributed by atoms with E-state index in [0.29, 0.717) is 43.2 Å². The first-order chi connectivity index (χ1) is 14.0. The average Bonchev–Trinajstić information content (AvgIpc) is 3.04. The fourth-order valence-corrected chi connectivity index (χ4v) is 3.90. The zero-order valence-electron chi connectivity index (χ0n) is 15.4. The van der Waals surface area contributed by atoms with Crippen molar-refractivity contribution in [1.29, 1.82) is 0 Å². The second-order valence-electron chi connectivity index (χ2n) is 5.92. The van der Waals surface area contributed by atoms with Gasteiger partial charge in [-0.15, -0.1) is 10.2 Å². The number of nitrogens with zero attached hydrogens (tertiary/aromatic N) is 3. The summed E-state index contributed by atoms with van der Waals surface area (Å²) < 4.78 is 7.52. The smallest absolute Gasteiger partial charge is 0.225 e. The predicted octanol–water partition coefficient (Wildman–Crippen LogP) is 5.48. The summed E-state index contributed by atoms with van der Waals surface area (Å²) in [5, 5.41) is 13.0. The second-order valence-corrected chi connectivity index (χ2v) is 8.20. The van der Waals surface area contributed by atoms with E-state index in [1.54, 1.807) is 30.3 Å². The van der Waals surface area contributed by atoms with E-state index in [0.717, 1.165) is 0 Å². The quantitative estimate of drug-likeness (QED) is 0.441. The van der Waals surface area contributed by atoms with Crippen LogP contribution in [-0.4, -0.2) is 26.4 Å². The number of anilines is 1. The molecule has 0 saturated heterocycles. The first kappa shape index (κ1) is 21.8. The topological polar surface area (TPSA) is 69.0 Å². The number of carbonyl (C=O) groups excluding carboxylic acids is 1. The van der Waals surface area contributed by atoms with Crippen LogP contribution >= 0.6 is 46.6 Å². The molecule has 0 saturated carbocycles. The zero-order chi connectivity index (χ0) is 20.8. The first-order valence-electron chi connectivity index (χ1n) is 8.58. The number of ether oxygens (including phenoxy) is 1. The maximum Gasteiger partial charge on any atom is 0.225 e. The summed E-state index contributed by atoms with van der Waals surface area (Å²) in [6, 6.07) is 12.3. The summed E-state index contributed by atoms with van der Waals surface area (Å²) in [6.07, 6.45) is 0.268. The molecule has 1 amide bonds. The molecule has 1 N–H and O–H groups in total. The number of halogens is 3. The fraction of sp³-hybridized carbons (Fsp3) is 0.211.